The predicted octanol–water partition coefficient (Wildman–Crippen LogP) is 3.50. The number of aryl methyl sites for hydroxylation is 2. The zero-order valence-electron chi connectivity index (χ0n) is 8.75. The third kappa shape index (κ3) is 1.77. The molecule has 0 aliphatic heterocycles. The Morgan fingerprint density at radius 1 is 1.14 bits per heavy atom. The van der Waals surface area contributed by atoms with E-state index in [-0.39, 0.29) is 0 Å². The number of fused-ring (bicyclic) bond motifs is 1. The van der Waals surface area contributed by atoms with Crippen LogP contribution in [0.3, 0.4) is 0 Å². The Kier molecular flexibility index (Phi) is 2.49. The number of pyridine rings is 1. The van der Waals surface area contributed by atoms with Crippen molar-refractivity contribution >= 4 is 10.8 Å². The minimum atomic E-state index is 1.07. The second-order valence-corrected chi connectivity index (χ2v) is 3.78. The van der Waals surface area contributed by atoms with Gasteiger partial charge >= 0.3 is 0 Å². The molecule has 0 atom stereocenters. The lowest BCUT2D eigenvalue weighted by Gasteiger charge is -2.02. The molecule has 2 rings (SSSR count). The molecule has 0 N–H and O–H groups in total. The first-order valence-corrected chi connectivity index (χ1v) is 5.15. The van der Waals surface area contributed by atoms with Crippen molar-refractivity contribution in [1.82, 2.24) is 4.98 Å². The molecule has 1 nitrogen and oxygen atoms in total. The first-order valence-electron chi connectivity index (χ1n) is 5.15. The van der Waals surface area contributed by atoms with Crippen molar-refractivity contribution in [2.45, 2.75) is 26.7 Å². The minimum Gasteiger partial charge on any atom is -0.261 e. The number of hydrogen-bond acceptors (Lipinski definition) is 1. The van der Waals surface area contributed by atoms with Gasteiger partial charge in [-0.2, -0.15) is 0 Å². The molecule has 0 unspecified atom stereocenters. The van der Waals surface area contributed by atoms with E-state index in [0.717, 1.165) is 12.8 Å². The van der Waals surface area contributed by atoms with Gasteiger partial charge in [-0.25, -0.2) is 0 Å². The van der Waals surface area contributed by atoms with Crippen LogP contribution in [0.5, 0.6) is 0 Å². The number of nitrogens with zero attached hydrogens (tertiary/aromatic N) is 1. The van der Waals surface area contributed by atoms with Gasteiger partial charge in [0.1, 0.15) is 0 Å². The number of rotatable bonds is 2. The summed E-state index contributed by atoms with van der Waals surface area (Å²) in [5.74, 6) is 0. The van der Waals surface area contributed by atoms with Gasteiger partial charge < -0.3 is 0 Å². The highest BCUT2D eigenvalue weighted by Gasteiger charge is 1.97. The average molecular weight is 185 g/mol. The van der Waals surface area contributed by atoms with E-state index in [1.165, 1.54) is 22.0 Å². The summed E-state index contributed by atoms with van der Waals surface area (Å²) in [6, 6.07) is 8.68. The lowest BCUT2D eigenvalue weighted by Crippen LogP contribution is -1.88. The molecule has 0 saturated carbocycles. The Bertz CT molecular complexity index is 446. The van der Waals surface area contributed by atoms with Gasteiger partial charge in [-0.3, -0.25) is 4.98 Å². The largest absolute Gasteiger partial charge is 0.261 e. The summed E-state index contributed by atoms with van der Waals surface area (Å²) in [7, 11) is 0. The van der Waals surface area contributed by atoms with Gasteiger partial charge in [-0.05, 0) is 24.8 Å². The fourth-order valence-corrected chi connectivity index (χ4v) is 1.70. The van der Waals surface area contributed by atoms with E-state index in [0.29, 0.717) is 0 Å². The molecule has 0 spiro atoms. The van der Waals surface area contributed by atoms with Crippen LogP contribution in [-0.2, 0) is 6.42 Å². The first-order chi connectivity index (χ1) is 6.79. The molecular weight excluding hydrogens is 170 g/mol. The average Bonchev–Trinajstić information content (AvgIpc) is 2.17. The highest BCUT2D eigenvalue weighted by molar-refractivity contribution is 5.82. The molecule has 0 saturated heterocycles. The SMILES string of the molecule is CCCc1cc2cc(C)ccc2cn1. The molecule has 0 aliphatic rings. The van der Waals surface area contributed by atoms with Gasteiger partial charge in [-0.1, -0.05) is 37.1 Å². The standard InChI is InChI=1S/C13H15N/c1-3-4-13-8-12-7-10(2)5-6-11(12)9-14-13/h5-9H,3-4H2,1-2H3. The molecule has 0 bridgehead atoms. The van der Waals surface area contributed by atoms with Crippen molar-refractivity contribution in [3.63, 3.8) is 0 Å². The minimum absolute atomic E-state index is 1.07. The van der Waals surface area contributed by atoms with E-state index in [1.54, 1.807) is 0 Å². The zero-order chi connectivity index (χ0) is 9.97. The second kappa shape index (κ2) is 3.79. The van der Waals surface area contributed by atoms with E-state index in [1.807, 2.05) is 6.20 Å². The fourth-order valence-electron chi connectivity index (χ4n) is 1.70. The first kappa shape index (κ1) is 9.20. The van der Waals surface area contributed by atoms with Crippen LogP contribution in [0.15, 0.2) is 30.5 Å². The summed E-state index contributed by atoms with van der Waals surface area (Å²) in [6.07, 6.45) is 4.20. The number of benzene rings is 1. The third-order valence-electron chi connectivity index (χ3n) is 2.44. The molecule has 0 aliphatic carbocycles. The van der Waals surface area contributed by atoms with Gasteiger partial charge in [0, 0.05) is 17.3 Å². The molecule has 1 heterocycles. The highest BCUT2D eigenvalue weighted by Crippen LogP contribution is 2.16. The Balaban J connectivity index is 2.52. The Labute approximate surface area is 84.8 Å². The van der Waals surface area contributed by atoms with Crippen LogP contribution < -0.4 is 0 Å². The summed E-state index contributed by atoms with van der Waals surface area (Å²) in [5, 5.41) is 2.54. The van der Waals surface area contributed by atoms with E-state index in [9.17, 15) is 0 Å². The molecule has 2 aromatic rings. The number of hydrogen-bond donors (Lipinski definition) is 0. The summed E-state index contributed by atoms with van der Waals surface area (Å²) < 4.78 is 0. The van der Waals surface area contributed by atoms with E-state index < -0.39 is 0 Å². The Morgan fingerprint density at radius 3 is 2.79 bits per heavy atom. The molecular formula is C13H15N. The van der Waals surface area contributed by atoms with Gasteiger partial charge in [0.05, 0.1) is 0 Å². The van der Waals surface area contributed by atoms with Gasteiger partial charge in [0.2, 0.25) is 0 Å². The maximum absolute atomic E-state index is 4.43. The third-order valence-corrected chi connectivity index (χ3v) is 2.44. The van der Waals surface area contributed by atoms with Crippen molar-refractivity contribution < 1.29 is 0 Å². The Hall–Kier alpha value is -1.37. The Morgan fingerprint density at radius 2 is 2.00 bits per heavy atom. The molecule has 0 radical (unpaired) electrons. The van der Waals surface area contributed by atoms with Crippen LogP contribution in [0, 0.1) is 6.92 Å². The molecule has 72 valence electrons. The maximum Gasteiger partial charge on any atom is 0.0409 e. The lowest BCUT2D eigenvalue weighted by atomic mass is 10.1. The summed E-state index contributed by atoms with van der Waals surface area (Å²) >= 11 is 0. The van der Waals surface area contributed by atoms with Gasteiger partial charge in [0.25, 0.3) is 0 Å². The van der Waals surface area contributed by atoms with E-state index >= 15 is 0 Å². The quantitative estimate of drug-likeness (QED) is 0.697. The normalized spacial score (nSPS) is 10.7. The van der Waals surface area contributed by atoms with Crippen LogP contribution in [0.4, 0.5) is 0 Å². The van der Waals surface area contributed by atoms with Gasteiger partial charge in [-0.15, -0.1) is 0 Å². The number of aromatic nitrogens is 1. The topological polar surface area (TPSA) is 12.9 Å². The van der Waals surface area contributed by atoms with E-state index in [4.69, 9.17) is 0 Å². The van der Waals surface area contributed by atoms with Crippen LogP contribution in [-0.4, -0.2) is 4.98 Å². The summed E-state index contributed by atoms with van der Waals surface area (Å²) in [6.45, 7) is 4.31. The van der Waals surface area contributed by atoms with Crippen molar-refractivity contribution in [3.05, 3.63) is 41.7 Å². The second-order valence-electron chi connectivity index (χ2n) is 3.78. The molecule has 14 heavy (non-hydrogen) atoms. The molecule has 1 aromatic carbocycles. The lowest BCUT2D eigenvalue weighted by molar-refractivity contribution is 0.886. The van der Waals surface area contributed by atoms with Crippen LogP contribution >= 0.6 is 0 Å². The smallest absolute Gasteiger partial charge is 0.0409 e. The van der Waals surface area contributed by atoms with Gasteiger partial charge in [0.15, 0.2) is 0 Å². The van der Waals surface area contributed by atoms with Crippen molar-refractivity contribution in [1.29, 1.82) is 0 Å². The maximum atomic E-state index is 4.43. The molecule has 0 amide bonds. The highest BCUT2D eigenvalue weighted by atomic mass is 14.7. The van der Waals surface area contributed by atoms with Crippen LogP contribution in [0.2, 0.25) is 0 Å². The fraction of sp³-hybridized carbons (Fsp3) is 0.308. The zero-order valence-corrected chi connectivity index (χ0v) is 8.75. The summed E-state index contributed by atoms with van der Waals surface area (Å²) in [5.41, 5.74) is 2.51. The van der Waals surface area contributed by atoms with E-state index in [2.05, 4.69) is 43.1 Å². The van der Waals surface area contributed by atoms with Crippen LogP contribution in [0.1, 0.15) is 24.6 Å². The van der Waals surface area contributed by atoms with Crippen molar-refractivity contribution in [2.75, 3.05) is 0 Å². The molecule has 1 heteroatoms. The molecule has 1 aromatic heterocycles. The van der Waals surface area contributed by atoms with Crippen LogP contribution in [0.25, 0.3) is 10.8 Å². The summed E-state index contributed by atoms with van der Waals surface area (Å²) in [4.78, 5) is 4.43. The van der Waals surface area contributed by atoms with Crippen molar-refractivity contribution in [3.8, 4) is 0 Å². The molecule has 0 fully saturated rings. The monoisotopic (exact) mass is 185 g/mol. The predicted molar refractivity (Wildman–Crippen MR) is 60.5 cm³/mol. The van der Waals surface area contributed by atoms with Crippen molar-refractivity contribution in [2.24, 2.45) is 0 Å².